The van der Waals surface area contributed by atoms with E-state index in [0.717, 1.165) is 28.6 Å². The highest BCUT2D eigenvalue weighted by Gasteiger charge is 2.20. The smallest absolute Gasteiger partial charge is 0.269 e. The van der Waals surface area contributed by atoms with Gasteiger partial charge in [-0.25, -0.2) is 4.39 Å². The number of aromatic nitrogens is 3. The van der Waals surface area contributed by atoms with E-state index in [2.05, 4.69) is 20.7 Å². The molecular formula is C25H24ClFN6O. The largest absolute Gasteiger partial charge is 0.351 e. The van der Waals surface area contributed by atoms with E-state index in [9.17, 15) is 4.79 Å². The van der Waals surface area contributed by atoms with Crippen LogP contribution in [-0.2, 0) is 7.05 Å². The van der Waals surface area contributed by atoms with Gasteiger partial charge in [-0.3, -0.25) is 14.5 Å². The number of carbonyl (C=O) groups is 1. The van der Waals surface area contributed by atoms with Crippen LogP contribution in [-0.4, -0.2) is 46.9 Å². The Morgan fingerprint density at radius 1 is 1.06 bits per heavy atom. The third kappa shape index (κ3) is 4.22. The number of amides is 1. The second-order valence-electron chi connectivity index (χ2n) is 8.18. The quantitative estimate of drug-likeness (QED) is 0.427. The Kier molecular flexibility index (Phi) is 6.17. The zero-order valence-corrected chi connectivity index (χ0v) is 19.4. The fourth-order valence-electron chi connectivity index (χ4n) is 4.24. The Balaban J connectivity index is 1.69. The average molecular weight is 479 g/mol. The zero-order chi connectivity index (χ0) is 23.7. The van der Waals surface area contributed by atoms with E-state index >= 15 is 4.39 Å². The lowest BCUT2D eigenvalue weighted by Gasteiger charge is -2.27. The molecule has 3 heterocycles. The molecule has 4 aromatic rings. The molecule has 5 rings (SSSR count). The molecule has 0 spiro atoms. The number of fused-ring (bicyclic) bond motifs is 4. The van der Waals surface area contributed by atoms with Crippen molar-refractivity contribution in [1.29, 1.82) is 0 Å². The molecule has 1 aliphatic heterocycles. The minimum absolute atomic E-state index is 0.0772. The van der Waals surface area contributed by atoms with Gasteiger partial charge >= 0.3 is 0 Å². The van der Waals surface area contributed by atoms with Crippen molar-refractivity contribution < 1.29 is 9.18 Å². The van der Waals surface area contributed by atoms with Crippen LogP contribution < -0.4 is 15.5 Å². The standard InChI is InChI=1S/C25H24ClFN6O/c1-32-23-15-20(31-32)16-6-7-19-17(14-16)21(8-11-29-19)33(22-5-2-4-18(26)24(22)27)13-12-28-9-3-10-30-25(23)34/h2,4-8,11,14-15,28H,3,9-10,12-13H2,1H3,(H,30,34). The van der Waals surface area contributed by atoms with Crippen molar-refractivity contribution in [3.05, 3.63) is 71.3 Å². The first-order chi connectivity index (χ1) is 16.5. The van der Waals surface area contributed by atoms with Gasteiger partial charge in [0, 0.05) is 43.8 Å². The summed E-state index contributed by atoms with van der Waals surface area (Å²) < 4.78 is 16.7. The van der Waals surface area contributed by atoms with Gasteiger partial charge in [0.05, 0.1) is 27.6 Å². The molecule has 2 aromatic carbocycles. The van der Waals surface area contributed by atoms with Gasteiger partial charge in [-0.1, -0.05) is 23.7 Å². The number of rotatable bonds is 1. The number of aryl methyl sites for hydroxylation is 1. The molecule has 4 bridgehead atoms. The van der Waals surface area contributed by atoms with Gasteiger partial charge in [-0.15, -0.1) is 0 Å². The fourth-order valence-corrected chi connectivity index (χ4v) is 4.41. The Bertz CT molecular complexity index is 1370. The highest BCUT2D eigenvalue weighted by atomic mass is 35.5. The lowest BCUT2D eigenvalue weighted by molar-refractivity contribution is 0.0944. The lowest BCUT2D eigenvalue weighted by atomic mass is 10.1. The number of hydrogen-bond acceptors (Lipinski definition) is 5. The molecule has 7 nitrogen and oxygen atoms in total. The highest BCUT2D eigenvalue weighted by molar-refractivity contribution is 6.31. The van der Waals surface area contributed by atoms with Crippen molar-refractivity contribution in [3.8, 4) is 11.3 Å². The summed E-state index contributed by atoms with van der Waals surface area (Å²) in [5, 5.41) is 11.8. The molecule has 0 saturated carbocycles. The summed E-state index contributed by atoms with van der Waals surface area (Å²) in [6, 6.07) is 14.5. The van der Waals surface area contributed by atoms with Crippen molar-refractivity contribution >= 4 is 39.8 Å². The van der Waals surface area contributed by atoms with Crippen molar-refractivity contribution in [2.75, 3.05) is 31.1 Å². The number of hydrogen-bond donors (Lipinski definition) is 2. The first kappa shape index (κ1) is 22.3. The number of anilines is 2. The fraction of sp³-hybridized carbons (Fsp3) is 0.240. The first-order valence-corrected chi connectivity index (χ1v) is 11.5. The van der Waals surface area contributed by atoms with E-state index in [4.69, 9.17) is 11.6 Å². The van der Waals surface area contributed by atoms with Gasteiger partial charge in [-0.2, -0.15) is 5.10 Å². The minimum Gasteiger partial charge on any atom is -0.351 e. The molecule has 1 aliphatic rings. The second kappa shape index (κ2) is 9.40. The van der Waals surface area contributed by atoms with Crippen LogP contribution in [0.15, 0.2) is 54.7 Å². The van der Waals surface area contributed by atoms with Crippen LogP contribution >= 0.6 is 11.6 Å². The van der Waals surface area contributed by atoms with Crippen LogP contribution in [0, 0.1) is 5.82 Å². The van der Waals surface area contributed by atoms with E-state index in [1.54, 1.807) is 42.2 Å². The number of pyridine rings is 1. The normalized spacial score (nSPS) is 15.0. The summed E-state index contributed by atoms with van der Waals surface area (Å²) in [5.74, 6) is -0.615. The number of halogens is 2. The second-order valence-corrected chi connectivity index (χ2v) is 8.59. The van der Waals surface area contributed by atoms with E-state index in [1.165, 1.54) is 0 Å². The summed E-state index contributed by atoms with van der Waals surface area (Å²) in [6.45, 7) is 2.38. The predicted octanol–water partition coefficient (Wildman–Crippen LogP) is 4.29. The average Bonchev–Trinajstić information content (AvgIpc) is 3.23. The van der Waals surface area contributed by atoms with Gasteiger partial charge in [0.2, 0.25) is 0 Å². The van der Waals surface area contributed by atoms with Crippen LogP contribution in [0.25, 0.3) is 22.2 Å². The van der Waals surface area contributed by atoms with Gasteiger partial charge < -0.3 is 15.5 Å². The van der Waals surface area contributed by atoms with Crippen molar-refractivity contribution in [2.24, 2.45) is 7.05 Å². The Labute approximate surface area is 201 Å². The summed E-state index contributed by atoms with van der Waals surface area (Å²) in [7, 11) is 1.76. The van der Waals surface area contributed by atoms with Gasteiger partial charge in [0.15, 0.2) is 5.82 Å². The summed E-state index contributed by atoms with van der Waals surface area (Å²) in [4.78, 5) is 19.1. The van der Waals surface area contributed by atoms with Crippen LogP contribution in [0.4, 0.5) is 15.8 Å². The molecule has 0 fully saturated rings. The third-order valence-corrected chi connectivity index (χ3v) is 6.26. The SMILES string of the molecule is Cn1nc2cc1C(=O)NCCCNCCN(c1cccc(Cl)c1F)c1ccnc3ccc-2cc13. The summed E-state index contributed by atoms with van der Waals surface area (Å²) >= 11 is 6.13. The van der Waals surface area contributed by atoms with E-state index in [1.807, 2.05) is 29.2 Å². The molecule has 0 radical (unpaired) electrons. The lowest BCUT2D eigenvalue weighted by Crippen LogP contribution is -2.32. The molecule has 34 heavy (non-hydrogen) atoms. The maximum absolute atomic E-state index is 15.1. The topological polar surface area (TPSA) is 75.1 Å². The minimum atomic E-state index is -0.461. The molecule has 1 amide bonds. The Hall–Kier alpha value is -3.49. The van der Waals surface area contributed by atoms with Gasteiger partial charge in [-0.05, 0) is 49.4 Å². The Morgan fingerprint density at radius 3 is 2.82 bits per heavy atom. The molecule has 0 saturated heterocycles. The molecule has 0 atom stereocenters. The number of benzene rings is 2. The van der Waals surface area contributed by atoms with Crippen molar-refractivity contribution in [1.82, 2.24) is 25.4 Å². The maximum Gasteiger partial charge on any atom is 0.269 e. The number of carbonyl (C=O) groups excluding carboxylic acids is 1. The van der Waals surface area contributed by atoms with Crippen LogP contribution in [0.3, 0.4) is 0 Å². The predicted molar refractivity (Wildman–Crippen MR) is 132 cm³/mol. The van der Waals surface area contributed by atoms with Crippen LogP contribution in [0.1, 0.15) is 16.9 Å². The third-order valence-electron chi connectivity index (χ3n) is 5.97. The monoisotopic (exact) mass is 478 g/mol. The summed E-state index contributed by atoms with van der Waals surface area (Å²) in [5.41, 5.74) is 4.00. The van der Waals surface area contributed by atoms with Crippen molar-refractivity contribution in [2.45, 2.75) is 6.42 Å². The molecule has 2 N–H and O–H groups in total. The molecule has 2 aromatic heterocycles. The number of nitrogens with one attached hydrogen (secondary N) is 2. The molecule has 0 unspecified atom stereocenters. The molecule has 9 heteroatoms. The van der Waals surface area contributed by atoms with Crippen LogP contribution in [0.2, 0.25) is 5.02 Å². The Morgan fingerprint density at radius 2 is 1.94 bits per heavy atom. The van der Waals surface area contributed by atoms with Crippen LogP contribution in [0.5, 0.6) is 0 Å². The van der Waals surface area contributed by atoms with Crippen molar-refractivity contribution in [3.63, 3.8) is 0 Å². The number of nitrogens with zero attached hydrogens (tertiary/aromatic N) is 4. The first-order valence-electron chi connectivity index (χ1n) is 11.2. The van der Waals surface area contributed by atoms with E-state index in [0.29, 0.717) is 43.3 Å². The van der Waals surface area contributed by atoms with Gasteiger partial charge in [0.1, 0.15) is 5.69 Å². The van der Waals surface area contributed by atoms with Gasteiger partial charge in [0.25, 0.3) is 5.91 Å². The molecule has 0 aliphatic carbocycles. The zero-order valence-electron chi connectivity index (χ0n) is 18.7. The van der Waals surface area contributed by atoms with E-state index < -0.39 is 5.82 Å². The highest BCUT2D eigenvalue weighted by Crippen LogP contribution is 2.36. The maximum atomic E-state index is 15.1. The van der Waals surface area contributed by atoms with E-state index in [-0.39, 0.29) is 10.9 Å². The summed E-state index contributed by atoms with van der Waals surface area (Å²) in [6.07, 6.45) is 2.49. The molecule has 174 valence electrons. The molecular weight excluding hydrogens is 455 g/mol.